The number of rotatable bonds is 3. The zero-order valence-electron chi connectivity index (χ0n) is 18.7. The van der Waals surface area contributed by atoms with Gasteiger partial charge in [-0.3, -0.25) is 0 Å². The molecule has 1 aliphatic carbocycles. The van der Waals surface area contributed by atoms with Crippen molar-refractivity contribution in [3.8, 4) is 11.1 Å². The summed E-state index contributed by atoms with van der Waals surface area (Å²) < 4.78 is 16.9. The van der Waals surface area contributed by atoms with Crippen LogP contribution in [0, 0.1) is 5.92 Å². The number of hydrogen-bond donors (Lipinski definition) is 0. The molecule has 0 aromatic heterocycles. The van der Waals surface area contributed by atoms with E-state index in [-0.39, 0.29) is 18.1 Å². The van der Waals surface area contributed by atoms with Gasteiger partial charge in [-0.25, -0.2) is 14.4 Å². The highest BCUT2D eigenvalue weighted by Gasteiger charge is 2.46. The molecule has 0 radical (unpaired) electrons. The van der Waals surface area contributed by atoms with E-state index in [0.29, 0.717) is 17.6 Å². The molecule has 6 nitrogen and oxygen atoms in total. The van der Waals surface area contributed by atoms with Crippen molar-refractivity contribution in [3.05, 3.63) is 95.6 Å². The van der Waals surface area contributed by atoms with Crippen LogP contribution in [0.15, 0.2) is 90.0 Å². The maximum absolute atomic E-state index is 13.1. The summed E-state index contributed by atoms with van der Waals surface area (Å²) in [5, 5.41) is 0. The van der Waals surface area contributed by atoms with Crippen LogP contribution in [0.25, 0.3) is 11.1 Å². The van der Waals surface area contributed by atoms with E-state index in [2.05, 4.69) is 6.58 Å². The monoisotopic (exact) mass is 456 g/mol. The van der Waals surface area contributed by atoms with Crippen molar-refractivity contribution in [1.29, 1.82) is 0 Å². The fourth-order valence-corrected chi connectivity index (χ4v) is 4.73. The second kappa shape index (κ2) is 8.78. The number of ether oxygens (including phenoxy) is 3. The number of fused-ring (bicyclic) bond motifs is 2. The van der Waals surface area contributed by atoms with Crippen LogP contribution in [-0.4, -0.2) is 36.2 Å². The molecule has 172 valence electrons. The second-order valence-electron chi connectivity index (χ2n) is 8.87. The molecule has 0 spiro atoms. The van der Waals surface area contributed by atoms with Crippen LogP contribution in [0.5, 0.6) is 0 Å². The van der Waals surface area contributed by atoms with E-state index in [0.717, 1.165) is 16.7 Å². The molecule has 0 amide bonds. The maximum Gasteiger partial charge on any atom is 0.338 e. The topological polar surface area (TPSA) is 78.9 Å². The average molecular weight is 456 g/mol. The van der Waals surface area contributed by atoms with Gasteiger partial charge >= 0.3 is 17.9 Å². The van der Waals surface area contributed by atoms with Crippen molar-refractivity contribution in [1.82, 2.24) is 0 Å². The first-order chi connectivity index (χ1) is 16.4. The van der Waals surface area contributed by atoms with Crippen LogP contribution in [-0.2, 0) is 23.8 Å². The smallest absolute Gasteiger partial charge is 0.338 e. The minimum Gasteiger partial charge on any atom is -0.458 e. The van der Waals surface area contributed by atoms with Crippen LogP contribution >= 0.6 is 0 Å². The largest absolute Gasteiger partial charge is 0.458 e. The molecule has 34 heavy (non-hydrogen) atoms. The summed E-state index contributed by atoms with van der Waals surface area (Å²) in [7, 11) is 0. The molecule has 2 aromatic carbocycles. The lowest BCUT2D eigenvalue weighted by atomic mass is 9.85. The lowest BCUT2D eigenvalue weighted by Gasteiger charge is -2.26. The normalized spacial score (nSPS) is 27.6. The maximum atomic E-state index is 13.1. The molecule has 3 aliphatic rings. The van der Waals surface area contributed by atoms with E-state index < -0.39 is 36.0 Å². The van der Waals surface area contributed by atoms with Gasteiger partial charge in [0.15, 0.2) is 0 Å². The van der Waals surface area contributed by atoms with Gasteiger partial charge in [-0.15, -0.1) is 0 Å². The minimum atomic E-state index is -0.765. The third-order valence-corrected chi connectivity index (χ3v) is 6.45. The Morgan fingerprint density at radius 2 is 1.62 bits per heavy atom. The zero-order chi connectivity index (χ0) is 23.8. The molecule has 6 heteroatoms. The Bertz CT molecular complexity index is 1220. The average Bonchev–Trinajstić information content (AvgIpc) is 3.30. The van der Waals surface area contributed by atoms with Crippen molar-refractivity contribution in [2.24, 2.45) is 5.92 Å². The lowest BCUT2D eigenvalue weighted by molar-refractivity contribution is -0.142. The summed E-state index contributed by atoms with van der Waals surface area (Å²) in [6, 6.07) is 17.1. The summed E-state index contributed by atoms with van der Waals surface area (Å²) in [6.07, 6.45) is 2.46. The molecule has 1 fully saturated rings. The van der Waals surface area contributed by atoms with Crippen molar-refractivity contribution < 1.29 is 28.6 Å². The van der Waals surface area contributed by atoms with Crippen molar-refractivity contribution >= 4 is 17.9 Å². The number of carbonyl (C=O) groups excluding carboxylic acids is 3. The number of carbonyl (C=O) groups is 3. The van der Waals surface area contributed by atoms with Crippen molar-refractivity contribution in [3.63, 3.8) is 0 Å². The molecule has 2 aromatic rings. The predicted molar refractivity (Wildman–Crippen MR) is 125 cm³/mol. The Kier molecular flexibility index (Phi) is 5.65. The van der Waals surface area contributed by atoms with Gasteiger partial charge < -0.3 is 14.2 Å². The Hall–Kier alpha value is -3.93. The molecule has 5 rings (SSSR count). The van der Waals surface area contributed by atoms with E-state index in [1.165, 1.54) is 0 Å². The summed E-state index contributed by atoms with van der Waals surface area (Å²) in [4.78, 5) is 37.7. The standard InChI is InChI=1S/C28H24O6/c1-16-12-22-14-21(28(31)32-22)15-24-25(17(2)26(29)33-24)23(13-16)34-27(30)20-10-8-19(9-11-20)18-6-4-3-5-7-18/h3-11,13-14,22-25H,2,12,15H2,1H3/b16-13+/t22-,23+,24-,25-/m0/s1. The van der Waals surface area contributed by atoms with E-state index in [1.807, 2.05) is 55.5 Å². The highest BCUT2D eigenvalue weighted by Crippen LogP contribution is 2.38. The molecule has 4 atom stereocenters. The molecule has 0 N–H and O–H groups in total. The van der Waals surface area contributed by atoms with Gasteiger partial charge in [0.2, 0.25) is 0 Å². The first kappa shape index (κ1) is 21.9. The first-order valence-corrected chi connectivity index (χ1v) is 11.2. The molecule has 0 saturated carbocycles. The first-order valence-electron chi connectivity index (χ1n) is 11.2. The molecular weight excluding hydrogens is 432 g/mol. The van der Waals surface area contributed by atoms with Gasteiger partial charge in [-0.1, -0.05) is 54.6 Å². The molecule has 0 unspecified atom stereocenters. The number of hydrogen-bond acceptors (Lipinski definition) is 6. The van der Waals surface area contributed by atoms with E-state index in [9.17, 15) is 14.4 Å². The summed E-state index contributed by atoms with van der Waals surface area (Å²) in [6.45, 7) is 5.78. The Morgan fingerprint density at radius 1 is 0.912 bits per heavy atom. The van der Waals surface area contributed by atoms with E-state index in [1.54, 1.807) is 18.2 Å². The highest BCUT2D eigenvalue weighted by atomic mass is 16.6. The van der Waals surface area contributed by atoms with Crippen molar-refractivity contribution in [2.75, 3.05) is 0 Å². The SMILES string of the molecule is C=C1C(=O)O[C@H]2CC3=C[C@H](C/C(C)=C/[C@@H](OC(=O)c4ccc(-c5ccccc5)cc4)[C@H]12)OC3=O. The number of benzene rings is 2. The summed E-state index contributed by atoms with van der Waals surface area (Å²) in [5.74, 6) is -2.05. The number of esters is 3. The van der Waals surface area contributed by atoms with Gasteiger partial charge in [0.05, 0.1) is 11.5 Å². The minimum absolute atomic E-state index is 0.192. The molecular formula is C28H24O6. The van der Waals surface area contributed by atoms with Gasteiger partial charge in [0, 0.05) is 24.0 Å². The van der Waals surface area contributed by atoms with Gasteiger partial charge in [-0.05, 0) is 42.3 Å². The Morgan fingerprint density at radius 3 is 2.35 bits per heavy atom. The third kappa shape index (κ3) is 4.19. The zero-order valence-corrected chi connectivity index (χ0v) is 18.7. The van der Waals surface area contributed by atoms with Crippen LogP contribution in [0.2, 0.25) is 0 Å². The molecule has 2 bridgehead atoms. The summed E-state index contributed by atoms with van der Waals surface area (Å²) >= 11 is 0. The Labute approximate surface area is 197 Å². The van der Waals surface area contributed by atoms with Crippen LogP contribution in [0.4, 0.5) is 0 Å². The van der Waals surface area contributed by atoms with Crippen LogP contribution < -0.4 is 0 Å². The van der Waals surface area contributed by atoms with Gasteiger partial charge in [0.1, 0.15) is 18.3 Å². The highest BCUT2D eigenvalue weighted by molar-refractivity contribution is 5.94. The van der Waals surface area contributed by atoms with Crippen LogP contribution in [0.3, 0.4) is 0 Å². The van der Waals surface area contributed by atoms with Crippen molar-refractivity contribution in [2.45, 2.75) is 38.1 Å². The van der Waals surface area contributed by atoms with E-state index in [4.69, 9.17) is 14.2 Å². The summed E-state index contributed by atoms with van der Waals surface area (Å²) in [5.41, 5.74) is 4.02. The molecule has 1 saturated heterocycles. The quantitative estimate of drug-likeness (QED) is 0.291. The second-order valence-corrected chi connectivity index (χ2v) is 8.87. The molecule has 2 aliphatic heterocycles. The third-order valence-electron chi connectivity index (χ3n) is 6.45. The lowest BCUT2D eigenvalue weighted by Crippen LogP contribution is -2.33. The Balaban J connectivity index is 1.42. The van der Waals surface area contributed by atoms with Crippen LogP contribution in [0.1, 0.15) is 30.1 Å². The fourth-order valence-electron chi connectivity index (χ4n) is 4.73. The predicted octanol–water partition coefficient (Wildman–Crippen LogP) is 4.57. The fraction of sp³-hybridized carbons (Fsp3) is 0.250. The van der Waals surface area contributed by atoms with E-state index >= 15 is 0 Å². The molecule has 2 heterocycles. The van der Waals surface area contributed by atoms with Gasteiger partial charge in [-0.2, -0.15) is 0 Å². The van der Waals surface area contributed by atoms with Gasteiger partial charge in [0.25, 0.3) is 0 Å².